The molecule has 0 atom stereocenters. The summed E-state index contributed by atoms with van der Waals surface area (Å²) in [6.45, 7) is 4.36. The van der Waals surface area contributed by atoms with Crippen molar-refractivity contribution in [1.29, 1.82) is 0 Å². The lowest BCUT2D eigenvalue weighted by Crippen LogP contribution is -2.12. The van der Waals surface area contributed by atoms with Crippen LogP contribution in [-0.4, -0.2) is 10.9 Å². The molecule has 13 heavy (non-hydrogen) atoms. The summed E-state index contributed by atoms with van der Waals surface area (Å²) < 4.78 is 0. The molecule has 1 aromatic heterocycles. The van der Waals surface area contributed by atoms with Gasteiger partial charge in [-0.15, -0.1) is 0 Å². The molecule has 0 aromatic carbocycles. The molecule has 0 spiro atoms. The molecule has 1 amide bonds. The van der Waals surface area contributed by atoms with Gasteiger partial charge in [-0.1, -0.05) is 32.8 Å². The largest absolute Gasteiger partial charge is 0.364 e. The van der Waals surface area contributed by atoms with Gasteiger partial charge in [0, 0.05) is 6.20 Å². The maximum absolute atomic E-state index is 10.4. The van der Waals surface area contributed by atoms with Gasteiger partial charge in [0.05, 0.1) is 0 Å². The number of primary amides is 1. The first-order valence-electron chi connectivity index (χ1n) is 4.43. The Bertz CT molecular complexity index is 232. The number of hydrogen-bond acceptors (Lipinski definition) is 2. The first kappa shape index (κ1) is 11.6. The first-order chi connectivity index (χ1) is 6.22. The Morgan fingerprint density at radius 2 is 2.00 bits per heavy atom. The number of aromatic nitrogens is 1. The van der Waals surface area contributed by atoms with E-state index in [0.29, 0.717) is 5.69 Å². The zero-order valence-electron chi connectivity index (χ0n) is 8.16. The molecule has 1 heterocycles. The molecule has 0 radical (unpaired) electrons. The van der Waals surface area contributed by atoms with Crippen molar-refractivity contribution in [3.63, 3.8) is 0 Å². The van der Waals surface area contributed by atoms with Gasteiger partial charge in [0.25, 0.3) is 5.91 Å². The van der Waals surface area contributed by atoms with Crippen molar-refractivity contribution in [1.82, 2.24) is 4.98 Å². The molecule has 0 saturated carbocycles. The van der Waals surface area contributed by atoms with Gasteiger partial charge < -0.3 is 5.73 Å². The van der Waals surface area contributed by atoms with Gasteiger partial charge in [-0.2, -0.15) is 0 Å². The normalized spacial score (nSPS) is 8.46. The summed E-state index contributed by atoms with van der Waals surface area (Å²) in [6.07, 6.45) is 4.17. The topological polar surface area (TPSA) is 56.0 Å². The lowest BCUT2D eigenvalue weighted by Gasteiger charge is -1.88. The molecule has 0 bridgehead atoms. The molecule has 1 aromatic rings. The standard InChI is InChI=1S/C6H6N2O.C4H10/c7-6(9)5-3-1-2-4-8-5;1-3-4-2/h1-4H,(H2,7,9);3-4H2,1-2H3. The summed E-state index contributed by atoms with van der Waals surface area (Å²) in [5, 5.41) is 0. The van der Waals surface area contributed by atoms with E-state index >= 15 is 0 Å². The van der Waals surface area contributed by atoms with Crippen LogP contribution in [0.5, 0.6) is 0 Å². The fourth-order valence-corrected chi connectivity index (χ4v) is 0.509. The van der Waals surface area contributed by atoms with E-state index in [2.05, 4.69) is 18.8 Å². The molecule has 0 unspecified atom stereocenters. The van der Waals surface area contributed by atoms with Crippen molar-refractivity contribution in [2.75, 3.05) is 0 Å². The molecule has 3 nitrogen and oxygen atoms in total. The Morgan fingerprint density at radius 1 is 1.38 bits per heavy atom. The third kappa shape index (κ3) is 5.84. The van der Waals surface area contributed by atoms with Gasteiger partial charge in [-0.3, -0.25) is 9.78 Å². The molecule has 2 N–H and O–H groups in total. The summed E-state index contributed by atoms with van der Waals surface area (Å²) in [5.41, 5.74) is 5.22. The number of nitrogens with two attached hydrogens (primary N) is 1. The highest BCUT2D eigenvalue weighted by atomic mass is 16.1. The maximum atomic E-state index is 10.4. The van der Waals surface area contributed by atoms with Crippen LogP contribution in [0.15, 0.2) is 24.4 Å². The molecule has 3 heteroatoms. The van der Waals surface area contributed by atoms with Gasteiger partial charge in [-0.05, 0) is 12.1 Å². The van der Waals surface area contributed by atoms with Crippen LogP contribution in [0.1, 0.15) is 37.2 Å². The summed E-state index contributed by atoms with van der Waals surface area (Å²) in [6, 6.07) is 5.02. The van der Waals surface area contributed by atoms with E-state index in [1.54, 1.807) is 18.2 Å². The van der Waals surface area contributed by atoms with Crippen molar-refractivity contribution >= 4 is 5.91 Å². The third-order valence-corrected chi connectivity index (χ3v) is 1.42. The highest BCUT2D eigenvalue weighted by Gasteiger charge is 1.95. The molecular weight excluding hydrogens is 164 g/mol. The van der Waals surface area contributed by atoms with E-state index in [1.807, 2.05) is 0 Å². The van der Waals surface area contributed by atoms with Crippen molar-refractivity contribution < 1.29 is 4.79 Å². The number of hydrogen-bond donors (Lipinski definition) is 1. The minimum absolute atomic E-state index is 0.303. The molecule has 0 saturated heterocycles. The number of amides is 1. The molecule has 0 aliphatic carbocycles. The summed E-state index contributed by atoms with van der Waals surface area (Å²) in [4.78, 5) is 14.1. The summed E-state index contributed by atoms with van der Waals surface area (Å²) in [5.74, 6) is -0.490. The van der Waals surface area contributed by atoms with Crippen LogP contribution in [0.2, 0.25) is 0 Å². The molecule has 0 aliphatic heterocycles. The lowest BCUT2D eigenvalue weighted by atomic mass is 10.3. The second kappa shape index (κ2) is 7.28. The minimum Gasteiger partial charge on any atom is -0.364 e. The van der Waals surface area contributed by atoms with Gasteiger partial charge in [-0.25, -0.2) is 0 Å². The monoisotopic (exact) mass is 180 g/mol. The van der Waals surface area contributed by atoms with Crippen LogP contribution >= 0.6 is 0 Å². The fraction of sp³-hybridized carbons (Fsp3) is 0.400. The number of rotatable bonds is 2. The number of pyridine rings is 1. The Labute approximate surface area is 79.0 Å². The Morgan fingerprint density at radius 3 is 2.23 bits per heavy atom. The van der Waals surface area contributed by atoms with E-state index in [4.69, 9.17) is 5.73 Å². The third-order valence-electron chi connectivity index (χ3n) is 1.42. The van der Waals surface area contributed by atoms with E-state index in [9.17, 15) is 4.79 Å². The second-order valence-electron chi connectivity index (χ2n) is 2.58. The Hall–Kier alpha value is -1.38. The van der Waals surface area contributed by atoms with Gasteiger partial charge in [0.1, 0.15) is 5.69 Å². The molecule has 0 aliphatic rings. The molecule has 72 valence electrons. The number of unbranched alkanes of at least 4 members (excludes halogenated alkanes) is 1. The molecule has 0 fully saturated rings. The zero-order valence-corrected chi connectivity index (χ0v) is 8.16. The highest BCUT2D eigenvalue weighted by molar-refractivity contribution is 5.90. The van der Waals surface area contributed by atoms with E-state index in [1.165, 1.54) is 19.0 Å². The average molecular weight is 180 g/mol. The average Bonchev–Trinajstić information content (AvgIpc) is 2.19. The van der Waals surface area contributed by atoms with Crippen molar-refractivity contribution in [3.05, 3.63) is 30.1 Å². The molecular formula is C10H16N2O. The van der Waals surface area contributed by atoms with E-state index < -0.39 is 5.91 Å². The van der Waals surface area contributed by atoms with Gasteiger partial charge in [0.2, 0.25) is 0 Å². The predicted octanol–water partition coefficient (Wildman–Crippen LogP) is 1.99. The molecule has 1 rings (SSSR count). The van der Waals surface area contributed by atoms with Crippen LogP contribution in [0.4, 0.5) is 0 Å². The van der Waals surface area contributed by atoms with Crippen molar-refractivity contribution in [2.24, 2.45) is 5.73 Å². The maximum Gasteiger partial charge on any atom is 0.267 e. The fourth-order valence-electron chi connectivity index (χ4n) is 0.509. The zero-order chi connectivity index (χ0) is 10.1. The van der Waals surface area contributed by atoms with Crippen LogP contribution < -0.4 is 5.73 Å². The van der Waals surface area contributed by atoms with Crippen LogP contribution in [0, 0.1) is 0 Å². The highest BCUT2D eigenvalue weighted by Crippen LogP contribution is 1.88. The minimum atomic E-state index is -0.490. The predicted molar refractivity (Wildman–Crippen MR) is 53.3 cm³/mol. The first-order valence-corrected chi connectivity index (χ1v) is 4.43. The van der Waals surface area contributed by atoms with Crippen LogP contribution in [0.3, 0.4) is 0 Å². The number of carbonyl (C=O) groups is 1. The second-order valence-corrected chi connectivity index (χ2v) is 2.58. The Kier molecular flexibility index (Phi) is 6.51. The smallest absolute Gasteiger partial charge is 0.267 e. The summed E-state index contributed by atoms with van der Waals surface area (Å²) >= 11 is 0. The number of carbonyl (C=O) groups excluding carboxylic acids is 1. The van der Waals surface area contributed by atoms with Crippen LogP contribution in [-0.2, 0) is 0 Å². The van der Waals surface area contributed by atoms with E-state index in [0.717, 1.165) is 0 Å². The summed E-state index contributed by atoms with van der Waals surface area (Å²) in [7, 11) is 0. The van der Waals surface area contributed by atoms with Crippen LogP contribution in [0.25, 0.3) is 0 Å². The van der Waals surface area contributed by atoms with Gasteiger partial charge in [0.15, 0.2) is 0 Å². The lowest BCUT2D eigenvalue weighted by molar-refractivity contribution is 0.0995. The van der Waals surface area contributed by atoms with Crippen molar-refractivity contribution in [2.45, 2.75) is 26.7 Å². The quantitative estimate of drug-likeness (QED) is 0.756. The van der Waals surface area contributed by atoms with Gasteiger partial charge >= 0.3 is 0 Å². The number of nitrogens with zero attached hydrogens (tertiary/aromatic N) is 1. The Balaban J connectivity index is 0.000000310. The van der Waals surface area contributed by atoms with E-state index in [-0.39, 0.29) is 0 Å². The van der Waals surface area contributed by atoms with Crippen molar-refractivity contribution in [3.8, 4) is 0 Å². The SMILES string of the molecule is CCCC.NC(=O)c1ccccn1.